The van der Waals surface area contributed by atoms with Crippen LogP contribution in [-0.2, 0) is 6.54 Å². The Morgan fingerprint density at radius 1 is 1.47 bits per heavy atom. The van der Waals surface area contributed by atoms with Gasteiger partial charge in [-0.15, -0.1) is 0 Å². The van der Waals surface area contributed by atoms with Crippen molar-refractivity contribution in [2.45, 2.75) is 52.6 Å². The molecule has 2 N–H and O–H groups in total. The first-order chi connectivity index (χ1) is 7.19. The van der Waals surface area contributed by atoms with Crippen LogP contribution in [0.1, 0.15) is 51.8 Å². The smallest absolute Gasteiger partial charge is 0.0551 e. The molecule has 1 aromatic heterocycles. The minimum absolute atomic E-state index is 0.133. The Labute approximate surface area is 92.7 Å². The van der Waals surface area contributed by atoms with Crippen molar-refractivity contribution in [3.8, 4) is 0 Å². The van der Waals surface area contributed by atoms with Crippen molar-refractivity contribution >= 4 is 0 Å². The molecule has 1 aromatic rings. The summed E-state index contributed by atoms with van der Waals surface area (Å²) in [6, 6.07) is 2.18. The second-order valence-electron chi connectivity index (χ2n) is 4.33. The zero-order valence-electron chi connectivity index (χ0n) is 10.1. The molecule has 3 nitrogen and oxygen atoms in total. The van der Waals surface area contributed by atoms with E-state index in [2.05, 4.69) is 25.9 Å². The van der Waals surface area contributed by atoms with E-state index in [1.54, 1.807) is 0 Å². The summed E-state index contributed by atoms with van der Waals surface area (Å²) in [6.45, 7) is 7.59. The summed E-state index contributed by atoms with van der Waals surface area (Å²) < 4.78 is 2.03. The summed E-state index contributed by atoms with van der Waals surface area (Å²) in [4.78, 5) is 0. The van der Waals surface area contributed by atoms with Crippen molar-refractivity contribution in [3.63, 3.8) is 0 Å². The molecule has 0 spiro atoms. The van der Waals surface area contributed by atoms with Crippen molar-refractivity contribution in [1.82, 2.24) is 9.78 Å². The van der Waals surface area contributed by atoms with Gasteiger partial charge in [-0.1, -0.05) is 27.2 Å². The molecule has 86 valence electrons. The van der Waals surface area contributed by atoms with E-state index in [0.29, 0.717) is 5.92 Å². The van der Waals surface area contributed by atoms with E-state index in [1.165, 1.54) is 12.1 Å². The van der Waals surface area contributed by atoms with Crippen LogP contribution in [0.15, 0.2) is 12.3 Å². The fourth-order valence-electron chi connectivity index (χ4n) is 1.78. The molecular formula is C12H23N3. The average Bonchev–Trinajstić information content (AvgIpc) is 2.66. The van der Waals surface area contributed by atoms with Crippen LogP contribution in [-0.4, -0.2) is 9.78 Å². The van der Waals surface area contributed by atoms with Crippen molar-refractivity contribution in [2.24, 2.45) is 11.7 Å². The van der Waals surface area contributed by atoms with Gasteiger partial charge in [0.05, 0.1) is 5.69 Å². The highest BCUT2D eigenvalue weighted by atomic mass is 15.3. The molecule has 2 atom stereocenters. The van der Waals surface area contributed by atoms with E-state index in [9.17, 15) is 0 Å². The SMILES string of the molecule is CCCn1nccc1C(N)CC(C)CC. The highest BCUT2D eigenvalue weighted by molar-refractivity contribution is 5.06. The summed E-state index contributed by atoms with van der Waals surface area (Å²) in [7, 11) is 0. The number of nitrogens with zero attached hydrogens (tertiary/aromatic N) is 2. The quantitative estimate of drug-likeness (QED) is 0.783. The largest absolute Gasteiger partial charge is 0.323 e. The Hall–Kier alpha value is -0.830. The molecule has 0 bridgehead atoms. The van der Waals surface area contributed by atoms with Crippen LogP contribution in [0.25, 0.3) is 0 Å². The van der Waals surface area contributed by atoms with Gasteiger partial charge in [0.1, 0.15) is 0 Å². The minimum atomic E-state index is 0.133. The van der Waals surface area contributed by atoms with E-state index in [-0.39, 0.29) is 6.04 Å². The number of hydrogen-bond acceptors (Lipinski definition) is 2. The van der Waals surface area contributed by atoms with E-state index in [1.807, 2.05) is 16.9 Å². The van der Waals surface area contributed by atoms with Crippen molar-refractivity contribution in [1.29, 1.82) is 0 Å². The molecule has 0 saturated heterocycles. The monoisotopic (exact) mass is 209 g/mol. The van der Waals surface area contributed by atoms with Crippen LogP contribution < -0.4 is 5.73 Å². The molecule has 3 heteroatoms. The summed E-state index contributed by atoms with van der Waals surface area (Å²) >= 11 is 0. The van der Waals surface area contributed by atoms with E-state index in [0.717, 1.165) is 19.4 Å². The number of aromatic nitrogens is 2. The number of rotatable bonds is 6. The first kappa shape index (κ1) is 12.2. The van der Waals surface area contributed by atoms with Gasteiger partial charge in [0.15, 0.2) is 0 Å². The van der Waals surface area contributed by atoms with Gasteiger partial charge in [-0.2, -0.15) is 5.10 Å². The third-order valence-corrected chi connectivity index (χ3v) is 2.92. The van der Waals surface area contributed by atoms with Gasteiger partial charge in [0.25, 0.3) is 0 Å². The molecule has 0 aromatic carbocycles. The van der Waals surface area contributed by atoms with Crippen molar-refractivity contribution in [2.75, 3.05) is 0 Å². The summed E-state index contributed by atoms with van der Waals surface area (Å²) in [6.07, 6.45) is 5.19. The third kappa shape index (κ3) is 3.34. The second-order valence-corrected chi connectivity index (χ2v) is 4.33. The molecule has 1 rings (SSSR count). The topological polar surface area (TPSA) is 43.8 Å². The van der Waals surface area contributed by atoms with Gasteiger partial charge in [0.2, 0.25) is 0 Å². The van der Waals surface area contributed by atoms with E-state index >= 15 is 0 Å². The number of hydrogen-bond donors (Lipinski definition) is 1. The van der Waals surface area contributed by atoms with Gasteiger partial charge in [-0.3, -0.25) is 4.68 Å². The van der Waals surface area contributed by atoms with Crippen LogP contribution in [0.2, 0.25) is 0 Å². The third-order valence-electron chi connectivity index (χ3n) is 2.92. The van der Waals surface area contributed by atoms with Crippen molar-refractivity contribution in [3.05, 3.63) is 18.0 Å². The average molecular weight is 209 g/mol. The lowest BCUT2D eigenvalue weighted by Gasteiger charge is -2.17. The minimum Gasteiger partial charge on any atom is -0.323 e. The number of aryl methyl sites for hydroxylation is 1. The predicted octanol–water partition coefficient (Wildman–Crippen LogP) is 2.73. The molecule has 0 radical (unpaired) electrons. The van der Waals surface area contributed by atoms with Gasteiger partial charge >= 0.3 is 0 Å². The first-order valence-corrected chi connectivity index (χ1v) is 5.96. The van der Waals surface area contributed by atoms with Crippen LogP contribution >= 0.6 is 0 Å². The maximum absolute atomic E-state index is 6.19. The molecule has 2 unspecified atom stereocenters. The van der Waals surface area contributed by atoms with Crippen LogP contribution in [0, 0.1) is 5.92 Å². The molecule has 15 heavy (non-hydrogen) atoms. The lowest BCUT2D eigenvalue weighted by molar-refractivity contribution is 0.435. The van der Waals surface area contributed by atoms with Crippen LogP contribution in [0.4, 0.5) is 0 Å². The molecule has 0 saturated carbocycles. The lowest BCUT2D eigenvalue weighted by Crippen LogP contribution is -2.18. The van der Waals surface area contributed by atoms with Gasteiger partial charge < -0.3 is 5.73 Å². The molecule has 1 heterocycles. The second kappa shape index (κ2) is 5.91. The zero-order chi connectivity index (χ0) is 11.3. The fourth-order valence-corrected chi connectivity index (χ4v) is 1.78. The zero-order valence-corrected chi connectivity index (χ0v) is 10.1. The predicted molar refractivity (Wildman–Crippen MR) is 63.5 cm³/mol. The van der Waals surface area contributed by atoms with E-state index in [4.69, 9.17) is 5.73 Å². The van der Waals surface area contributed by atoms with Crippen molar-refractivity contribution < 1.29 is 0 Å². The molecule has 0 aliphatic heterocycles. The fraction of sp³-hybridized carbons (Fsp3) is 0.750. The Kier molecular flexibility index (Phi) is 4.82. The highest BCUT2D eigenvalue weighted by Crippen LogP contribution is 2.20. The lowest BCUT2D eigenvalue weighted by atomic mass is 9.98. The highest BCUT2D eigenvalue weighted by Gasteiger charge is 2.13. The Balaban J connectivity index is 2.63. The summed E-state index contributed by atoms with van der Waals surface area (Å²) in [5, 5.41) is 4.30. The maximum Gasteiger partial charge on any atom is 0.0551 e. The standard InChI is InChI=1S/C12H23N3/c1-4-8-15-12(6-7-14-15)11(13)9-10(3)5-2/h6-7,10-11H,4-5,8-9,13H2,1-3H3. The van der Waals surface area contributed by atoms with Crippen LogP contribution in [0.5, 0.6) is 0 Å². The molecule has 0 amide bonds. The maximum atomic E-state index is 6.19. The Bertz CT molecular complexity index is 280. The van der Waals surface area contributed by atoms with Crippen LogP contribution in [0.3, 0.4) is 0 Å². The summed E-state index contributed by atoms with van der Waals surface area (Å²) in [5.74, 6) is 0.685. The molecule has 0 aliphatic rings. The molecule has 0 aliphatic carbocycles. The van der Waals surface area contributed by atoms with Gasteiger partial charge in [-0.25, -0.2) is 0 Å². The first-order valence-electron chi connectivity index (χ1n) is 5.96. The Morgan fingerprint density at radius 3 is 2.80 bits per heavy atom. The normalized spacial score (nSPS) is 15.2. The molecule has 0 fully saturated rings. The molecular weight excluding hydrogens is 186 g/mol. The number of nitrogens with two attached hydrogens (primary N) is 1. The van der Waals surface area contributed by atoms with Gasteiger partial charge in [0, 0.05) is 18.8 Å². The van der Waals surface area contributed by atoms with Gasteiger partial charge in [-0.05, 0) is 24.8 Å². The summed E-state index contributed by atoms with van der Waals surface area (Å²) in [5.41, 5.74) is 7.36. The Morgan fingerprint density at radius 2 is 2.20 bits per heavy atom. The van der Waals surface area contributed by atoms with E-state index < -0.39 is 0 Å².